The van der Waals surface area contributed by atoms with E-state index in [0.29, 0.717) is 20.1 Å². The molecule has 1 nitrogen and oxygen atoms in total. The fourth-order valence-electron chi connectivity index (χ4n) is 1.64. The second kappa shape index (κ2) is 6.04. The van der Waals surface area contributed by atoms with Crippen LogP contribution in [-0.2, 0) is 6.42 Å². The average molecular weight is 362 g/mol. The van der Waals surface area contributed by atoms with Crippen LogP contribution >= 0.6 is 39.1 Å². The van der Waals surface area contributed by atoms with Crippen LogP contribution in [0.3, 0.4) is 0 Å². The van der Waals surface area contributed by atoms with Gasteiger partial charge in [0, 0.05) is 20.9 Å². The molecule has 0 amide bonds. The first-order valence-corrected chi connectivity index (χ1v) is 6.94. The number of carbonyl (C=O) groups is 1. The normalized spacial score (nSPS) is 10.5. The van der Waals surface area contributed by atoms with E-state index in [-0.39, 0.29) is 17.8 Å². The Morgan fingerprint density at radius 2 is 1.89 bits per heavy atom. The maximum atomic E-state index is 13.6. The molecule has 0 radical (unpaired) electrons. The number of hydrogen-bond donors (Lipinski definition) is 0. The monoisotopic (exact) mass is 360 g/mol. The van der Waals surface area contributed by atoms with Gasteiger partial charge in [0.2, 0.25) is 0 Å². The number of benzene rings is 2. The average Bonchev–Trinajstić information content (AvgIpc) is 2.35. The highest BCUT2D eigenvalue weighted by atomic mass is 79.9. The minimum absolute atomic E-state index is 0.0311. The van der Waals surface area contributed by atoms with Crippen LogP contribution in [0.15, 0.2) is 40.9 Å². The third-order valence-corrected chi connectivity index (χ3v) is 3.68. The highest BCUT2D eigenvalue weighted by Crippen LogP contribution is 2.23. The Morgan fingerprint density at radius 1 is 1.16 bits per heavy atom. The summed E-state index contributed by atoms with van der Waals surface area (Å²) in [5.74, 6) is -0.874. The van der Waals surface area contributed by atoms with Gasteiger partial charge in [-0.05, 0) is 35.9 Å². The number of halogens is 4. The second-order valence-electron chi connectivity index (χ2n) is 3.96. The molecule has 2 rings (SSSR count). The molecule has 0 bridgehead atoms. The molecule has 0 aliphatic rings. The number of ketones is 1. The molecule has 5 heteroatoms. The first-order valence-electron chi connectivity index (χ1n) is 5.39. The standard InChI is InChI=1S/C14H8BrCl2FO/c15-9-2-4-13(18)11(6-9)14(19)5-8-1-3-10(16)7-12(8)17/h1-4,6-7H,5H2. The summed E-state index contributed by atoms with van der Waals surface area (Å²) in [4.78, 5) is 12.1. The van der Waals surface area contributed by atoms with Gasteiger partial charge in [-0.15, -0.1) is 0 Å². The van der Waals surface area contributed by atoms with Crippen molar-refractivity contribution in [3.8, 4) is 0 Å². The Kier molecular flexibility index (Phi) is 4.61. The molecule has 2 aromatic rings. The van der Waals surface area contributed by atoms with Crippen molar-refractivity contribution in [1.82, 2.24) is 0 Å². The summed E-state index contributed by atoms with van der Waals surface area (Å²) in [5, 5.41) is 0.895. The molecule has 0 aliphatic carbocycles. The zero-order chi connectivity index (χ0) is 14.0. The summed E-state index contributed by atoms with van der Waals surface area (Å²) in [7, 11) is 0. The molecule has 2 aromatic carbocycles. The number of hydrogen-bond acceptors (Lipinski definition) is 1. The molecule has 0 heterocycles. The van der Waals surface area contributed by atoms with Crippen LogP contribution in [0.5, 0.6) is 0 Å². The van der Waals surface area contributed by atoms with Gasteiger partial charge in [0.25, 0.3) is 0 Å². The molecule has 98 valence electrons. The highest BCUT2D eigenvalue weighted by molar-refractivity contribution is 9.10. The topological polar surface area (TPSA) is 17.1 Å². The Labute approximate surface area is 128 Å². The summed E-state index contributed by atoms with van der Waals surface area (Å²) < 4.78 is 14.2. The van der Waals surface area contributed by atoms with E-state index in [0.717, 1.165) is 0 Å². The summed E-state index contributed by atoms with van der Waals surface area (Å²) in [6.45, 7) is 0. The molecule has 0 saturated carbocycles. The molecule has 19 heavy (non-hydrogen) atoms. The van der Waals surface area contributed by atoms with Gasteiger partial charge in [-0.2, -0.15) is 0 Å². The second-order valence-corrected chi connectivity index (χ2v) is 5.72. The predicted octanol–water partition coefficient (Wildman–Crippen LogP) is 5.32. The predicted molar refractivity (Wildman–Crippen MR) is 78.6 cm³/mol. The van der Waals surface area contributed by atoms with E-state index in [1.165, 1.54) is 12.1 Å². The molecule has 0 saturated heterocycles. The smallest absolute Gasteiger partial charge is 0.170 e. The third-order valence-electron chi connectivity index (χ3n) is 2.59. The van der Waals surface area contributed by atoms with Crippen LogP contribution in [0.1, 0.15) is 15.9 Å². The zero-order valence-corrected chi connectivity index (χ0v) is 12.7. The van der Waals surface area contributed by atoms with Gasteiger partial charge in [-0.25, -0.2) is 4.39 Å². The number of Topliss-reactive ketones (excluding diaryl/α,β-unsaturated/α-hetero) is 1. The first kappa shape index (κ1) is 14.5. The van der Waals surface area contributed by atoms with E-state index in [1.807, 2.05) is 0 Å². The van der Waals surface area contributed by atoms with Crippen molar-refractivity contribution in [2.45, 2.75) is 6.42 Å². The fraction of sp³-hybridized carbons (Fsp3) is 0.0714. The maximum absolute atomic E-state index is 13.6. The first-order chi connectivity index (χ1) is 8.97. The molecule has 0 N–H and O–H groups in total. The molecule has 0 aliphatic heterocycles. The van der Waals surface area contributed by atoms with Crippen LogP contribution in [0.25, 0.3) is 0 Å². The van der Waals surface area contributed by atoms with E-state index in [2.05, 4.69) is 15.9 Å². The van der Waals surface area contributed by atoms with Crippen LogP contribution in [-0.4, -0.2) is 5.78 Å². The van der Waals surface area contributed by atoms with Gasteiger partial charge in [0.1, 0.15) is 5.82 Å². The van der Waals surface area contributed by atoms with Crippen LogP contribution in [0, 0.1) is 5.82 Å². The number of carbonyl (C=O) groups excluding carboxylic acids is 1. The Morgan fingerprint density at radius 3 is 2.58 bits per heavy atom. The van der Waals surface area contributed by atoms with E-state index in [9.17, 15) is 9.18 Å². The Balaban J connectivity index is 2.28. The molecular weight excluding hydrogens is 354 g/mol. The maximum Gasteiger partial charge on any atom is 0.170 e. The van der Waals surface area contributed by atoms with Crippen molar-refractivity contribution in [3.63, 3.8) is 0 Å². The lowest BCUT2D eigenvalue weighted by Crippen LogP contribution is -2.06. The lowest BCUT2D eigenvalue weighted by atomic mass is 10.0. The highest BCUT2D eigenvalue weighted by Gasteiger charge is 2.14. The van der Waals surface area contributed by atoms with Crippen molar-refractivity contribution in [2.24, 2.45) is 0 Å². The lowest BCUT2D eigenvalue weighted by molar-refractivity contribution is 0.0989. The third kappa shape index (κ3) is 3.56. The molecule has 0 atom stereocenters. The van der Waals surface area contributed by atoms with Gasteiger partial charge in [-0.1, -0.05) is 45.2 Å². The summed E-state index contributed by atoms with van der Waals surface area (Å²) in [5.41, 5.74) is 0.663. The van der Waals surface area contributed by atoms with Crippen LogP contribution in [0.4, 0.5) is 4.39 Å². The van der Waals surface area contributed by atoms with E-state index >= 15 is 0 Å². The largest absolute Gasteiger partial charge is 0.294 e. The van der Waals surface area contributed by atoms with Gasteiger partial charge < -0.3 is 0 Å². The number of rotatable bonds is 3. The Hall–Kier alpha value is -0.900. The molecule has 0 aromatic heterocycles. The molecular formula is C14H8BrCl2FO. The minimum atomic E-state index is -0.543. The lowest BCUT2D eigenvalue weighted by Gasteiger charge is -2.06. The van der Waals surface area contributed by atoms with Crippen molar-refractivity contribution in [3.05, 3.63) is 67.9 Å². The SMILES string of the molecule is O=C(Cc1ccc(Cl)cc1Cl)c1cc(Br)ccc1F. The van der Waals surface area contributed by atoms with Crippen LogP contribution < -0.4 is 0 Å². The van der Waals surface area contributed by atoms with Crippen molar-refractivity contribution >= 4 is 44.9 Å². The van der Waals surface area contributed by atoms with E-state index in [1.54, 1.807) is 24.3 Å². The van der Waals surface area contributed by atoms with E-state index in [4.69, 9.17) is 23.2 Å². The summed E-state index contributed by atoms with van der Waals surface area (Å²) >= 11 is 15.0. The fourth-order valence-corrected chi connectivity index (χ4v) is 2.48. The Bertz CT molecular complexity index is 643. The molecule has 0 unspecified atom stereocenters. The van der Waals surface area contributed by atoms with Crippen molar-refractivity contribution in [1.29, 1.82) is 0 Å². The van der Waals surface area contributed by atoms with Gasteiger partial charge in [0.15, 0.2) is 5.78 Å². The van der Waals surface area contributed by atoms with Gasteiger partial charge in [0.05, 0.1) is 5.56 Å². The van der Waals surface area contributed by atoms with Crippen molar-refractivity contribution in [2.75, 3.05) is 0 Å². The van der Waals surface area contributed by atoms with Crippen molar-refractivity contribution < 1.29 is 9.18 Å². The van der Waals surface area contributed by atoms with Gasteiger partial charge >= 0.3 is 0 Å². The minimum Gasteiger partial charge on any atom is -0.294 e. The van der Waals surface area contributed by atoms with Crippen LogP contribution in [0.2, 0.25) is 10.0 Å². The summed E-state index contributed by atoms with van der Waals surface area (Å²) in [6.07, 6.45) is 0.0311. The zero-order valence-electron chi connectivity index (χ0n) is 9.59. The molecule has 0 spiro atoms. The quantitative estimate of drug-likeness (QED) is 0.676. The van der Waals surface area contributed by atoms with Gasteiger partial charge in [-0.3, -0.25) is 4.79 Å². The molecule has 0 fully saturated rings. The summed E-state index contributed by atoms with van der Waals surface area (Å²) in [6, 6.07) is 9.12. The van der Waals surface area contributed by atoms with E-state index < -0.39 is 5.82 Å².